The van der Waals surface area contributed by atoms with Gasteiger partial charge in [0.15, 0.2) is 5.58 Å². The van der Waals surface area contributed by atoms with Crippen LogP contribution in [0, 0.1) is 0 Å². The molecule has 3 saturated heterocycles. The third kappa shape index (κ3) is 3.94. The number of anilines is 1. The number of para-hydroxylation sites is 1. The maximum absolute atomic E-state index is 13.0. The van der Waals surface area contributed by atoms with Crippen LogP contribution < -0.4 is 10.2 Å². The molecule has 2 unspecified atom stereocenters. The van der Waals surface area contributed by atoms with Crippen LogP contribution >= 0.6 is 12.4 Å². The molecule has 2 bridgehead atoms. The second kappa shape index (κ2) is 8.47. The highest BCUT2D eigenvalue weighted by molar-refractivity contribution is 6.04. The fourth-order valence-corrected chi connectivity index (χ4v) is 4.49. The Hall–Kier alpha value is -1.87. The van der Waals surface area contributed by atoms with Gasteiger partial charge in [0.05, 0.1) is 32.0 Å². The molecule has 0 aliphatic carbocycles. The number of halogens is 1. The predicted octanol–water partition coefficient (Wildman–Crippen LogP) is 1.68. The van der Waals surface area contributed by atoms with Gasteiger partial charge in [-0.05, 0) is 32.0 Å². The van der Waals surface area contributed by atoms with Crippen LogP contribution in [0.3, 0.4) is 0 Å². The van der Waals surface area contributed by atoms with E-state index in [2.05, 4.69) is 27.1 Å². The largest absolute Gasteiger partial charge is 0.423 e. The second-order valence-corrected chi connectivity index (χ2v) is 7.90. The molecule has 0 spiro atoms. The van der Waals surface area contributed by atoms with Crippen molar-refractivity contribution in [2.24, 2.45) is 0 Å². The molecule has 0 saturated carbocycles. The van der Waals surface area contributed by atoms with E-state index in [1.54, 1.807) is 0 Å². The Morgan fingerprint density at radius 3 is 2.59 bits per heavy atom. The van der Waals surface area contributed by atoms with E-state index in [9.17, 15) is 4.79 Å². The zero-order chi connectivity index (χ0) is 19.1. The zero-order valence-electron chi connectivity index (χ0n) is 16.5. The molecule has 1 amide bonds. The maximum Gasteiger partial charge on any atom is 0.298 e. The van der Waals surface area contributed by atoms with Gasteiger partial charge in [0.25, 0.3) is 11.9 Å². The SMILES string of the molecule is CN1C2COCC1CC(NC(=O)c1cccc3oc(N4CCOCC4)nc13)C2.Cl. The molecular formula is C20H27ClN4O4. The Labute approximate surface area is 175 Å². The molecule has 3 aliphatic heterocycles. The number of nitrogens with zero attached hydrogens (tertiary/aromatic N) is 3. The van der Waals surface area contributed by atoms with E-state index in [-0.39, 0.29) is 24.4 Å². The molecule has 3 fully saturated rings. The standard InChI is InChI=1S/C20H26N4O4.ClH/c1-23-14-9-13(10-15(23)12-27-11-14)21-19(25)16-3-2-4-17-18(16)22-20(28-17)24-5-7-26-8-6-24;/h2-4,13-15H,5-12H2,1H3,(H,21,25);1H. The number of piperidine rings is 1. The van der Waals surface area contributed by atoms with Gasteiger partial charge in [-0.1, -0.05) is 6.07 Å². The van der Waals surface area contributed by atoms with Crippen molar-refractivity contribution < 1.29 is 18.7 Å². The smallest absolute Gasteiger partial charge is 0.298 e. The summed E-state index contributed by atoms with van der Waals surface area (Å²) in [5, 5.41) is 3.23. The summed E-state index contributed by atoms with van der Waals surface area (Å²) in [6.07, 6.45) is 1.82. The Balaban J connectivity index is 0.00000205. The molecule has 2 atom stereocenters. The molecule has 1 aromatic carbocycles. The predicted molar refractivity (Wildman–Crippen MR) is 111 cm³/mol. The highest BCUT2D eigenvalue weighted by Gasteiger charge is 2.37. The number of rotatable bonds is 3. The van der Waals surface area contributed by atoms with Crippen LogP contribution in [0.25, 0.3) is 11.1 Å². The molecule has 4 heterocycles. The molecule has 158 valence electrons. The van der Waals surface area contributed by atoms with Gasteiger partial charge in [-0.25, -0.2) is 0 Å². The van der Waals surface area contributed by atoms with Crippen LogP contribution in [0.1, 0.15) is 23.2 Å². The summed E-state index contributed by atoms with van der Waals surface area (Å²) in [5.74, 6) is -0.0824. The molecule has 29 heavy (non-hydrogen) atoms. The van der Waals surface area contributed by atoms with Crippen LogP contribution in [0.5, 0.6) is 0 Å². The van der Waals surface area contributed by atoms with Crippen LogP contribution in [-0.2, 0) is 9.47 Å². The minimum atomic E-state index is -0.0824. The molecule has 2 aromatic rings. The fraction of sp³-hybridized carbons (Fsp3) is 0.600. The van der Waals surface area contributed by atoms with Crippen molar-refractivity contribution in [1.82, 2.24) is 15.2 Å². The minimum absolute atomic E-state index is 0. The average molecular weight is 423 g/mol. The van der Waals surface area contributed by atoms with Crippen LogP contribution in [0.15, 0.2) is 22.6 Å². The summed E-state index contributed by atoms with van der Waals surface area (Å²) in [6.45, 7) is 4.29. The average Bonchev–Trinajstić information content (AvgIpc) is 3.14. The van der Waals surface area contributed by atoms with Gasteiger partial charge in [0, 0.05) is 31.2 Å². The van der Waals surface area contributed by atoms with Crippen LogP contribution in [0.4, 0.5) is 6.01 Å². The summed E-state index contributed by atoms with van der Waals surface area (Å²) < 4.78 is 17.0. The van der Waals surface area contributed by atoms with Gasteiger partial charge in [-0.2, -0.15) is 4.98 Å². The molecule has 8 nitrogen and oxygen atoms in total. The summed E-state index contributed by atoms with van der Waals surface area (Å²) >= 11 is 0. The van der Waals surface area contributed by atoms with Crippen molar-refractivity contribution in [3.63, 3.8) is 0 Å². The molecule has 1 aromatic heterocycles. The third-order valence-corrected chi connectivity index (χ3v) is 6.15. The fourth-order valence-electron chi connectivity index (χ4n) is 4.49. The lowest BCUT2D eigenvalue weighted by atomic mass is 9.90. The number of fused-ring (bicyclic) bond motifs is 3. The van der Waals surface area contributed by atoms with Gasteiger partial charge in [0.1, 0.15) is 5.52 Å². The first kappa shape index (κ1) is 20.4. The molecule has 9 heteroatoms. The number of amides is 1. The number of oxazole rings is 1. The number of carbonyl (C=O) groups is 1. The van der Waals surface area contributed by atoms with E-state index in [4.69, 9.17) is 13.9 Å². The quantitative estimate of drug-likeness (QED) is 0.805. The Bertz CT molecular complexity index is 855. The lowest BCUT2D eigenvalue weighted by Crippen LogP contribution is -2.59. The molecule has 3 aliphatic rings. The lowest BCUT2D eigenvalue weighted by molar-refractivity contribution is -0.0670. The molecule has 5 rings (SSSR count). The van der Waals surface area contributed by atoms with Crippen molar-refractivity contribution in [1.29, 1.82) is 0 Å². The number of aromatic nitrogens is 1. The van der Waals surface area contributed by atoms with Crippen molar-refractivity contribution in [3.05, 3.63) is 23.8 Å². The third-order valence-electron chi connectivity index (χ3n) is 6.15. The number of carbonyl (C=O) groups excluding carboxylic acids is 1. The van der Waals surface area contributed by atoms with Crippen LogP contribution in [-0.4, -0.2) is 80.5 Å². The van der Waals surface area contributed by atoms with E-state index >= 15 is 0 Å². The minimum Gasteiger partial charge on any atom is -0.423 e. The summed E-state index contributed by atoms with van der Waals surface area (Å²) in [7, 11) is 2.15. The van der Waals surface area contributed by atoms with Gasteiger partial charge in [0.2, 0.25) is 0 Å². The van der Waals surface area contributed by atoms with Crippen molar-refractivity contribution >= 4 is 35.4 Å². The van der Waals surface area contributed by atoms with Crippen molar-refractivity contribution in [3.8, 4) is 0 Å². The van der Waals surface area contributed by atoms with Crippen molar-refractivity contribution in [2.75, 3.05) is 51.5 Å². The summed E-state index contributed by atoms with van der Waals surface area (Å²) in [5.41, 5.74) is 1.84. The second-order valence-electron chi connectivity index (χ2n) is 7.90. The van der Waals surface area contributed by atoms with E-state index in [0.717, 1.165) is 39.1 Å². The first-order chi connectivity index (χ1) is 13.7. The Morgan fingerprint density at radius 2 is 1.86 bits per heavy atom. The number of benzene rings is 1. The van der Waals surface area contributed by atoms with Crippen molar-refractivity contribution in [2.45, 2.75) is 31.0 Å². The monoisotopic (exact) mass is 422 g/mol. The Kier molecular flexibility index (Phi) is 5.96. The topological polar surface area (TPSA) is 80.1 Å². The van der Waals surface area contributed by atoms with Crippen LogP contribution in [0.2, 0.25) is 0 Å². The maximum atomic E-state index is 13.0. The van der Waals surface area contributed by atoms with Gasteiger partial charge in [-0.3, -0.25) is 9.69 Å². The first-order valence-corrected chi connectivity index (χ1v) is 10.0. The lowest BCUT2D eigenvalue weighted by Gasteiger charge is -2.46. The normalized spacial score (nSPS) is 27.5. The van der Waals surface area contributed by atoms with E-state index in [1.165, 1.54) is 0 Å². The highest BCUT2D eigenvalue weighted by atomic mass is 35.5. The van der Waals surface area contributed by atoms with E-state index in [0.29, 0.717) is 48.0 Å². The van der Waals surface area contributed by atoms with Gasteiger partial charge >= 0.3 is 0 Å². The summed E-state index contributed by atoms with van der Waals surface area (Å²) in [4.78, 5) is 22.1. The molecular weight excluding hydrogens is 396 g/mol. The molecule has 1 N–H and O–H groups in total. The zero-order valence-corrected chi connectivity index (χ0v) is 17.3. The molecule has 0 radical (unpaired) electrons. The number of hydrogen-bond acceptors (Lipinski definition) is 7. The highest BCUT2D eigenvalue weighted by Crippen LogP contribution is 2.28. The van der Waals surface area contributed by atoms with Gasteiger partial charge in [-0.15, -0.1) is 12.4 Å². The Morgan fingerprint density at radius 1 is 1.14 bits per heavy atom. The number of ether oxygens (including phenoxy) is 2. The van der Waals surface area contributed by atoms with Gasteiger partial charge < -0.3 is 24.1 Å². The number of morpholine rings is 2. The number of hydrogen-bond donors (Lipinski definition) is 1. The van der Waals surface area contributed by atoms with E-state index < -0.39 is 0 Å². The number of likely N-dealkylation sites (N-methyl/N-ethyl adjacent to an activating group) is 1. The summed E-state index contributed by atoms with van der Waals surface area (Å²) in [6, 6.07) is 6.99. The number of nitrogens with one attached hydrogen (secondary N) is 1. The first-order valence-electron chi connectivity index (χ1n) is 10.0. The van der Waals surface area contributed by atoms with E-state index in [1.807, 2.05) is 18.2 Å².